The lowest BCUT2D eigenvalue weighted by Gasteiger charge is -2.27. The predicted octanol–water partition coefficient (Wildman–Crippen LogP) is 5.20. The quantitative estimate of drug-likeness (QED) is 0.459. The summed E-state index contributed by atoms with van der Waals surface area (Å²) >= 11 is 3.43. The second-order valence-electron chi connectivity index (χ2n) is 9.60. The van der Waals surface area contributed by atoms with Crippen LogP contribution in [0, 0.1) is 19.8 Å². The first kappa shape index (κ1) is 23.6. The van der Waals surface area contributed by atoms with Crippen molar-refractivity contribution in [1.29, 1.82) is 0 Å². The van der Waals surface area contributed by atoms with Gasteiger partial charge in [0.1, 0.15) is 5.78 Å². The van der Waals surface area contributed by atoms with E-state index in [0.717, 1.165) is 22.3 Å². The summed E-state index contributed by atoms with van der Waals surface area (Å²) in [7, 11) is 0. The molecule has 6 heteroatoms. The van der Waals surface area contributed by atoms with Gasteiger partial charge in [0.2, 0.25) is 0 Å². The fraction of sp³-hybridized carbons (Fsp3) is 0.276. The largest absolute Gasteiger partial charge is 0.375 e. The first-order valence-electron chi connectivity index (χ1n) is 11.7. The Labute approximate surface area is 212 Å². The SMILES string of the molecule is Cc1ccc(C)c(CN2C(=O)[C@](O)(CC(=O)[C@H]3CCc4ccccc4C3=O)c3cc(Br)ccc32)c1. The number of halogens is 1. The maximum Gasteiger partial charge on any atom is 0.264 e. The van der Waals surface area contributed by atoms with Gasteiger partial charge in [-0.2, -0.15) is 0 Å². The average Bonchev–Trinajstić information content (AvgIpc) is 3.03. The maximum absolute atomic E-state index is 13.7. The Morgan fingerprint density at radius 2 is 1.86 bits per heavy atom. The Morgan fingerprint density at radius 1 is 1.09 bits per heavy atom. The average molecular weight is 532 g/mol. The van der Waals surface area contributed by atoms with Crippen LogP contribution in [0.25, 0.3) is 0 Å². The molecule has 5 rings (SSSR count). The number of rotatable bonds is 5. The van der Waals surface area contributed by atoms with Crippen LogP contribution in [0.1, 0.15) is 51.0 Å². The van der Waals surface area contributed by atoms with Crippen molar-refractivity contribution in [3.63, 3.8) is 0 Å². The van der Waals surface area contributed by atoms with E-state index in [4.69, 9.17) is 0 Å². The van der Waals surface area contributed by atoms with E-state index in [1.807, 2.05) is 50.2 Å². The molecular formula is C29H26BrNO4. The molecule has 3 aromatic carbocycles. The first-order chi connectivity index (χ1) is 16.7. The summed E-state index contributed by atoms with van der Waals surface area (Å²) in [5, 5.41) is 11.7. The van der Waals surface area contributed by atoms with Gasteiger partial charge in [-0.1, -0.05) is 64.0 Å². The molecule has 1 N–H and O–H groups in total. The van der Waals surface area contributed by atoms with Crippen LogP contribution in [0.15, 0.2) is 65.1 Å². The van der Waals surface area contributed by atoms with Crippen LogP contribution in [0.5, 0.6) is 0 Å². The minimum Gasteiger partial charge on any atom is -0.375 e. The number of nitrogens with zero attached hydrogens (tertiary/aromatic N) is 1. The van der Waals surface area contributed by atoms with Gasteiger partial charge in [-0.25, -0.2) is 0 Å². The lowest BCUT2D eigenvalue weighted by Crippen LogP contribution is -2.43. The van der Waals surface area contributed by atoms with Crippen molar-refractivity contribution >= 4 is 39.1 Å². The van der Waals surface area contributed by atoms with Gasteiger partial charge in [0.05, 0.1) is 18.2 Å². The third kappa shape index (κ3) is 4.05. The number of aryl methyl sites for hydroxylation is 3. The molecule has 35 heavy (non-hydrogen) atoms. The zero-order chi connectivity index (χ0) is 24.9. The maximum atomic E-state index is 13.7. The number of aliphatic hydroxyl groups is 1. The van der Waals surface area contributed by atoms with Gasteiger partial charge in [-0.3, -0.25) is 14.4 Å². The summed E-state index contributed by atoms with van der Waals surface area (Å²) in [6.45, 7) is 4.27. The molecule has 1 amide bonds. The molecule has 0 bridgehead atoms. The van der Waals surface area contributed by atoms with Crippen LogP contribution in [0.4, 0.5) is 5.69 Å². The van der Waals surface area contributed by atoms with Crippen LogP contribution < -0.4 is 4.90 Å². The molecule has 0 saturated heterocycles. The van der Waals surface area contributed by atoms with Gasteiger partial charge in [-0.15, -0.1) is 0 Å². The Kier molecular flexibility index (Phi) is 5.98. The van der Waals surface area contributed by atoms with E-state index in [1.165, 1.54) is 0 Å². The molecule has 0 spiro atoms. The molecule has 1 aliphatic heterocycles. The molecular weight excluding hydrogens is 506 g/mol. The van der Waals surface area contributed by atoms with E-state index in [-0.39, 0.29) is 12.3 Å². The Morgan fingerprint density at radius 3 is 2.66 bits per heavy atom. The molecule has 0 radical (unpaired) electrons. The minimum absolute atomic E-state index is 0.229. The van der Waals surface area contributed by atoms with E-state index in [1.54, 1.807) is 29.2 Å². The van der Waals surface area contributed by atoms with Gasteiger partial charge in [0.25, 0.3) is 5.91 Å². The van der Waals surface area contributed by atoms with Gasteiger partial charge < -0.3 is 10.0 Å². The minimum atomic E-state index is -2.02. The summed E-state index contributed by atoms with van der Waals surface area (Å²) in [5.74, 6) is -2.03. The van der Waals surface area contributed by atoms with E-state index in [2.05, 4.69) is 15.9 Å². The summed E-state index contributed by atoms with van der Waals surface area (Å²) in [6, 6.07) is 18.7. The Balaban J connectivity index is 1.47. The molecule has 5 nitrogen and oxygen atoms in total. The standard InChI is InChI=1S/C29H26BrNO4/c1-17-7-8-18(2)20(13-17)16-31-25-12-10-21(30)14-24(25)29(35,28(31)34)15-26(32)23-11-9-19-5-3-4-6-22(19)27(23)33/h3-8,10,12-14,23,35H,9,11,15-16H2,1-2H3/t23-,29+/m1/s1. The molecule has 2 atom stereocenters. The fourth-order valence-electron chi connectivity index (χ4n) is 5.27. The normalized spacial score (nSPS) is 21.1. The highest BCUT2D eigenvalue weighted by Gasteiger charge is 2.52. The van der Waals surface area contributed by atoms with Gasteiger partial charge in [0.15, 0.2) is 11.4 Å². The first-order valence-corrected chi connectivity index (χ1v) is 12.5. The number of carbonyl (C=O) groups is 3. The third-order valence-electron chi connectivity index (χ3n) is 7.25. The number of carbonyl (C=O) groups excluding carboxylic acids is 3. The predicted molar refractivity (Wildman–Crippen MR) is 137 cm³/mol. The number of fused-ring (bicyclic) bond motifs is 2. The van der Waals surface area contributed by atoms with Crippen LogP contribution in [0.3, 0.4) is 0 Å². The van der Waals surface area contributed by atoms with Gasteiger partial charge in [0, 0.05) is 22.0 Å². The lowest BCUT2D eigenvalue weighted by molar-refractivity contribution is -0.142. The highest BCUT2D eigenvalue weighted by molar-refractivity contribution is 9.10. The lowest BCUT2D eigenvalue weighted by atomic mass is 9.77. The summed E-state index contributed by atoms with van der Waals surface area (Å²) in [6.07, 6.45) is 0.569. The second kappa shape index (κ2) is 8.85. The van der Waals surface area contributed by atoms with E-state index in [9.17, 15) is 19.5 Å². The van der Waals surface area contributed by atoms with Gasteiger partial charge >= 0.3 is 0 Å². The highest BCUT2D eigenvalue weighted by atomic mass is 79.9. The number of hydrogen-bond acceptors (Lipinski definition) is 4. The van der Waals surface area contributed by atoms with Crippen molar-refractivity contribution < 1.29 is 19.5 Å². The van der Waals surface area contributed by atoms with E-state index in [0.29, 0.717) is 34.1 Å². The third-order valence-corrected chi connectivity index (χ3v) is 7.74. The number of ketones is 2. The van der Waals surface area contributed by atoms with Crippen molar-refractivity contribution in [3.8, 4) is 0 Å². The van der Waals surface area contributed by atoms with Crippen LogP contribution in [0.2, 0.25) is 0 Å². The number of benzene rings is 3. The number of anilines is 1. The van der Waals surface area contributed by atoms with Crippen molar-refractivity contribution in [1.82, 2.24) is 0 Å². The summed E-state index contributed by atoms with van der Waals surface area (Å²) < 4.78 is 0.700. The second-order valence-corrected chi connectivity index (χ2v) is 10.5. The van der Waals surface area contributed by atoms with Crippen molar-refractivity contribution in [2.45, 2.75) is 45.3 Å². The molecule has 178 valence electrons. The highest BCUT2D eigenvalue weighted by Crippen LogP contribution is 2.45. The molecule has 0 fully saturated rings. The molecule has 1 aliphatic carbocycles. The molecule has 2 aliphatic rings. The molecule has 3 aromatic rings. The summed E-state index contributed by atoms with van der Waals surface area (Å²) in [4.78, 5) is 41.8. The zero-order valence-electron chi connectivity index (χ0n) is 19.7. The summed E-state index contributed by atoms with van der Waals surface area (Å²) in [5.41, 5.74) is 3.53. The topological polar surface area (TPSA) is 74.7 Å². The molecule has 0 saturated carbocycles. The van der Waals surface area contributed by atoms with Crippen LogP contribution >= 0.6 is 15.9 Å². The Bertz CT molecular complexity index is 1380. The molecule has 1 heterocycles. The van der Waals surface area contributed by atoms with E-state index < -0.39 is 29.6 Å². The van der Waals surface area contributed by atoms with Crippen LogP contribution in [-0.4, -0.2) is 22.6 Å². The zero-order valence-corrected chi connectivity index (χ0v) is 21.3. The van der Waals surface area contributed by atoms with Gasteiger partial charge in [-0.05, 0) is 61.6 Å². The van der Waals surface area contributed by atoms with Crippen LogP contribution in [-0.2, 0) is 28.2 Å². The molecule has 0 unspecified atom stereocenters. The number of Topliss-reactive ketones (excluding diaryl/α,β-unsaturated/α-hetero) is 2. The fourth-order valence-corrected chi connectivity index (χ4v) is 5.63. The number of amides is 1. The van der Waals surface area contributed by atoms with Crippen molar-refractivity contribution in [3.05, 3.63) is 98.5 Å². The van der Waals surface area contributed by atoms with Crippen molar-refractivity contribution in [2.75, 3.05) is 4.90 Å². The molecule has 0 aromatic heterocycles. The Hall–Kier alpha value is -3.09. The van der Waals surface area contributed by atoms with E-state index >= 15 is 0 Å². The monoisotopic (exact) mass is 531 g/mol. The van der Waals surface area contributed by atoms with Crippen molar-refractivity contribution in [2.24, 2.45) is 5.92 Å². The smallest absolute Gasteiger partial charge is 0.264 e. The number of hydrogen-bond donors (Lipinski definition) is 1.